The highest BCUT2D eigenvalue weighted by molar-refractivity contribution is 5.94. The second-order valence-electron chi connectivity index (χ2n) is 7.97. The zero-order valence-corrected chi connectivity index (χ0v) is 19.6. The SMILES string of the molecule is COCC1CN(c2cnc(N)cc2OC)CCN1C(=O)c1cc(OC)c(-c2ccccc2)cn1. The molecule has 1 atom stereocenters. The van der Waals surface area contributed by atoms with Crippen LogP contribution in [0.5, 0.6) is 11.5 Å². The van der Waals surface area contributed by atoms with E-state index >= 15 is 0 Å². The van der Waals surface area contributed by atoms with Crippen LogP contribution in [0.4, 0.5) is 11.5 Å². The van der Waals surface area contributed by atoms with E-state index in [2.05, 4.69) is 14.9 Å². The average molecular weight is 464 g/mol. The van der Waals surface area contributed by atoms with Crippen molar-refractivity contribution < 1.29 is 19.0 Å². The number of nitrogens with two attached hydrogens (primary N) is 1. The first kappa shape index (κ1) is 23.3. The molecule has 3 aromatic rings. The number of rotatable bonds is 7. The van der Waals surface area contributed by atoms with Crippen molar-refractivity contribution in [2.45, 2.75) is 6.04 Å². The van der Waals surface area contributed by atoms with E-state index in [-0.39, 0.29) is 11.9 Å². The van der Waals surface area contributed by atoms with Crippen LogP contribution in [0.1, 0.15) is 10.5 Å². The fraction of sp³-hybridized carbons (Fsp3) is 0.320. The van der Waals surface area contributed by atoms with Gasteiger partial charge in [-0.05, 0) is 5.56 Å². The second-order valence-corrected chi connectivity index (χ2v) is 7.97. The lowest BCUT2D eigenvalue weighted by molar-refractivity contribution is 0.0494. The maximum absolute atomic E-state index is 13.5. The summed E-state index contributed by atoms with van der Waals surface area (Å²) in [4.78, 5) is 26.1. The number of nitrogen functional groups attached to an aromatic ring is 1. The molecule has 1 aliphatic rings. The van der Waals surface area contributed by atoms with E-state index < -0.39 is 0 Å². The van der Waals surface area contributed by atoms with Crippen molar-refractivity contribution in [1.82, 2.24) is 14.9 Å². The topological polar surface area (TPSA) is 103 Å². The molecule has 0 bridgehead atoms. The van der Waals surface area contributed by atoms with E-state index in [1.54, 1.807) is 50.8 Å². The lowest BCUT2D eigenvalue weighted by atomic mass is 10.1. The van der Waals surface area contributed by atoms with Gasteiger partial charge in [0, 0.05) is 50.6 Å². The third kappa shape index (κ3) is 4.74. The van der Waals surface area contributed by atoms with Gasteiger partial charge in [0.25, 0.3) is 5.91 Å². The van der Waals surface area contributed by atoms with Crippen LogP contribution in [-0.4, -0.2) is 74.4 Å². The molecule has 3 heterocycles. The fourth-order valence-electron chi connectivity index (χ4n) is 4.23. The molecule has 1 aliphatic heterocycles. The second kappa shape index (κ2) is 10.4. The standard InChI is InChI=1S/C25H29N5O4/c1-32-16-18-15-29(21-14-28-24(26)12-23(21)34-3)9-10-30(18)25(31)20-11-22(33-2)19(13-27-20)17-7-5-4-6-8-17/h4-8,11-14,18H,9-10,15-16H2,1-3H3,(H2,26,28). The molecule has 1 fully saturated rings. The van der Waals surface area contributed by atoms with E-state index in [1.165, 1.54) is 0 Å². The average Bonchev–Trinajstić information content (AvgIpc) is 2.88. The number of aromatic nitrogens is 2. The number of hydrogen-bond acceptors (Lipinski definition) is 8. The Balaban J connectivity index is 1.57. The molecular formula is C25H29N5O4. The molecular weight excluding hydrogens is 434 g/mol. The van der Waals surface area contributed by atoms with Crippen LogP contribution in [-0.2, 0) is 4.74 Å². The quantitative estimate of drug-likeness (QED) is 0.571. The molecule has 0 aliphatic carbocycles. The van der Waals surface area contributed by atoms with Crippen LogP contribution in [0.2, 0.25) is 0 Å². The van der Waals surface area contributed by atoms with Crippen molar-refractivity contribution in [3.05, 3.63) is 60.6 Å². The summed E-state index contributed by atoms with van der Waals surface area (Å²) in [5, 5.41) is 0. The lowest BCUT2D eigenvalue weighted by Gasteiger charge is -2.42. The minimum absolute atomic E-state index is 0.165. The van der Waals surface area contributed by atoms with Crippen LogP contribution >= 0.6 is 0 Å². The summed E-state index contributed by atoms with van der Waals surface area (Å²) in [5.74, 6) is 1.47. The Labute approximate surface area is 199 Å². The molecule has 0 spiro atoms. The molecule has 34 heavy (non-hydrogen) atoms. The molecule has 9 heteroatoms. The zero-order chi connectivity index (χ0) is 24.1. The van der Waals surface area contributed by atoms with Gasteiger partial charge in [0.05, 0.1) is 38.8 Å². The van der Waals surface area contributed by atoms with Crippen molar-refractivity contribution in [3.8, 4) is 22.6 Å². The van der Waals surface area contributed by atoms with Gasteiger partial charge in [-0.15, -0.1) is 0 Å². The molecule has 1 amide bonds. The molecule has 1 unspecified atom stereocenters. The highest BCUT2D eigenvalue weighted by atomic mass is 16.5. The number of methoxy groups -OCH3 is 3. The van der Waals surface area contributed by atoms with E-state index in [0.29, 0.717) is 49.3 Å². The molecule has 2 aromatic heterocycles. The fourth-order valence-corrected chi connectivity index (χ4v) is 4.23. The summed E-state index contributed by atoms with van der Waals surface area (Å²) < 4.78 is 16.5. The summed E-state index contributed by atoms with van der Waals surface area (Å²) in [6.07, 6.45) is 3.39. The Morgan fingerprint density at radius 2 is 1.79 bits per heavy atom. The van der Waals surface area contributed by atoms with Gasteiger partial charge >= 0.3 is 0 Å². The van der Waals surface area contributed by atoms with Gasteiger partial charge < -0.3 is 29.7 Å². The summed E-state index contributed by atoms with van der Waals surface area (Å²) in [6, 6.07) is 13.0. The highest BCUT2D eigenvalue weighted by Crippen LogP contribution is 2.32. The van der Waals surface area contributed by atoms with Crippen molar-refractivity contribution in [2.75, 3.05) is 58.2 Å². The molecule has 2 N–H and O–H groups in total. The molecule has 178 valence electrons. The molecule has 1 saturated heterocycles. The monoisotopic (exact) mass is 463 g/mol. The van der Waals surface area contributed by atoms with Gasteiger partial charge in [0.1, 0.15) is 23.0 Å². The Bertz CT molecular complexity index is 1140. The van der Waals surface area contributed by atoms with Crippen molar-refractivity contribution in [1.29, 1.82) is 0 Å². The summed E-state index contributed by atoms with van der Waals surface area (Å²) >= 11 is 0. The Morgan fingerprint density at radius 3 is 2.50 bits per heavy atom. The number of piperazine rings is 1. The smallest absolute Gasteiger partial charge is 0.273 e. The third-order valence-corrected chi connectivity index (χ3v) is 5.92. The first-order chi connectivity index (χ1) is 16.5. The minimum Gasteiger partial charge on any atom is -0.496 e. The van der Waals surface area contributed by atoms with Crippen LogP contribution in [0.25, 0.3) is 11.1 Å². The molecule has 9 nitrogen and oxygen atoms in total. The Kier molecular flexibility index (Phi) is 7.12. The normalized spacial score (nSPS) is 15.8. The number of amides is 1. The van der Waals surface area contributed by atoms with Crippen LogP contribution < -0.4 is 20.1 Å². The first-order valence-electron chi connectivity index (χ1n) is 11.0. The van der Waals surface area contributed by atoms with Gasteiger partial charge in [0.15, 0.2) is 0 Å². The van der Waals surface area contributed by atoms with Crippen LogP contribution in [0.3, 0.4) is 0 Å². The highest BCUT2D eigenvalue weighted by Gasteiger charge is 2.33. The summed E-state index contributed by atoms with van der Waals surface area (Å²) in [6.45, 7) is 2.03. The molecule has 0 saturated carbocycles. The van der Waals surface area contributed by atoms with Gasteiger partial charge in [0.2, 0.25) is 0 Å². The van der Waals surface area contributed by atoms with Crippen LogP contribution in [0, 0.1) is 0 Å². The van der Waals surface area contributed by atoms with Gasteiger partial charge in [-0.3, -0.25) is 9.78 Å². The number of hydrogen-bond donors (Lipinski definition) is 1. The summed E-state index contributed by atoms with van der Waals surface area (Å²) in [7, 11) is 4.82. The molecule has 0 radical (unpaired) electrons. The molecule has 4 rings (SSSR count). The van der Waals surface area contributed by atoms with Crippen molar-refractivity contribution in [3.63, 3.8) is 0 Å². The summed E-state index contributed by atoms with van der Waals surface area (Å²) in [5.41, 5.74) is 8.78. The van der Waals surface area contributed by atoms with Gasteiger partial charge in [-0.2, -0.15) is 0 Å². The maximum atomic E-state index is 13.5. The van der Waals surface area contributed by atoms with Gasteiger partial charge in [-0.1, -0.05) is 30.3 Å². The largest absolute Gasteiger partial charge is 0.496 e. The first-order valence-corrected chi connectivity index (χ1v) is 11.0. The lowest BCUT2D eigenvalue weighted by Crippen LogP contribution is -2.57. The predicted octanol–water partition coefficient (Wildman–Crippen LogP) is 2.72. The van der Waals surface area contributed by atoms with Crippen molar-refractivity contribution in [2.24, 2.45) is 0 Å². The number of carbonyl (C=O) groups is 1. The number of benzene rings is 1. The predicted molar refractivity (Wildman–Crippen MR) is 130 cm³/mol. The number of carbonyl (C=O) groups excluding carboxylic acids is 1. The van der Waals surface area contributed by atoms with E-state index in [9.17, 15) is 4.79 Å². The van der Waals surface area contributed by atoms with Crippen molar-refractivity contribution >= 4 is 17.4 Å². The maximum Gasteiger partial charge on any atom is 0.273 e. The van der Waals surface area contributed by atoms with E-state index in [4.69, 9.17) is 19.9 Å². The van der Waals surface area contributed by atoms with Crippen LogP contribution in [0.15, 0.2) is 54.9 Å². The Morgan fingerprint density at radius 1 is 1.03 bits per heavy atom. The number of ether oxygens (including phenoxy) is 3. The zero-order valence-electron chi connectivity index (χ0n) is 19.6. The number of pyridine rings is 2. The number of nitrogens with zero attached hydrogens (tertiary/aromatic N) is 4. The third-order valence-electron chi connectivity index (χ3n) is 5.92. The van der Waals surface area contributed by atoms with E-state index in [0.717, 1.165) is 16.8 Å². The van der Waals surface area contributed by atoms with E-state index in [1.807, 2.05) is 30.3 Å². The number of anilines is 2. The molecule has 1 aromatic carbocycles. The Hall–Kier alpha value is -3.85. The van der Waals surface area contributed by atoms with Gasteiger partial charge in [-0.25, -0.2) is 4.98 Å². The minimum atomic E-state index is -0.185.